The third-order valence-electron chi connectivity index (χ3n) is 3.08. The molecule has 104 valence electrons. The monoisotopic (exact) mass is 260 g/mol. The number of hydrogen-bond donors (Lipinski definition) is 1. The second kappa shape index (κ2) is 6.55. The van der Waals surface area contributed by atoms with Gasteiger partial charge in [-0.3, -0.25) is 0 Å². The Labute approximate surface area is 106 Å². The summed E-state index contributed by atoms with van der Waals surface area (Å²) in [7, 11) is 4.70. The van der Waals surface area contributed by atoms with Gasteiger partial charge in [-0.25, -0.2) is 9.59 Å². The van der Waals surface area contributed by atoms with Gasteiger partial charge in [0, 0.05) is 40.8 Å². The van der Waals surface area contributed by atoms with Gasteiger partial charge in [0.05, 0.1) is 12.7 Å². The number of nitrogens with zero attached hydrogens (tertiary/aromatic N) is 2. The van der Waals surface area contributed by atoms with E-state index in [1.165, 1.54) is 16.9 Å². The molecular weight excluding hydrogens is 240 g/mol. The number of carboxylic acids is 1. The number of carbonyl (C=O) groups excluding carboxylic acids is 1. The minimum absolute atomic E-state index is 0.217. The van der Waals surface area contributed by atoms with Crippen LogP contribution in [-0.4, -0.2) is 80.0 Å². The number of likely N-dealkylation sites (tertiary alicyclic amines) is 1. The number of ether oxygens (including phenoxy) is 2. The summed E-state index contributed by atoms with van der Waals surface area (Å²) in [4.78, 5) is 26.0. The first-order chi connectivity index (χ1) is 8.51. The van der Waals surface area contributed by atoms with Crippen molar-refractivity contribution in [3.63, 3.8) is 0 Å². The van der Waals surface area contributed by atoms with E-state index < -0.39 is 12.0 Å². The maximum absolute atomic E-state index is 12.1. The lowest BCUT2D eigenvalue weighted by atomic mass is 10.2. The van der Waals surface area contributed by atoms with Gasteiger partial charge in [0.2, 0.25) is 0 Å². The van der Waals surface area contributed by atoms with Crippen molar-refractivity contribution in [3.05, 3.63) is 0 Å². The summed E-state index contributed by atoms with van der Waals surface area (Å²) in [5.74, 6) is -0.997. The van der Waals surface area contributed by atoms with E-state index in [2.05, 4.69) is 0 Å². The Kier molecular flexibility index (Phi) is 5.36. The lowest BCUT2D eigenvalue weighted by Gasteiger charge is -2.27. The zero-order chi connectivity index (χ0) is 13.7. The molecule has 18 heavy (non-hydrogen) atoms. The van der Waals surface area contributed by atoms with E-state index in [-0.39, 0.29) is 12.1 Å². The van der Waals surface area contributed by atoms with E-state index in [0.717, 1.165) is 0 Å². The highest BCUT2D eigenvalue weighted by Gasteiger charge is 2.40. The molecule has 0 spiro atoms. The summed E-state index contributed by atoms with van der Waals surface area (Å²) in [5.41, 5.74) is 0. The van der Waals surface area contributed by atoms with E-state index in [1.807, 2.05) is 0 Å². The summed E-state index contributed by atoms with van der Waals surface area (Å²) >= 11 is 0. The van der Waals surface area contributed by atoms with E-state index >= 15 is 0 Å². The van der Waals surface area contributed by atoms with Crippen molar-refractivity contribution in [2.75, 3.05) is 41.0 Å². The molecule has 0 bridgehead atoms. The third-order valence-corrected chi connectivity index (χ3v) is 3.08. The van der Waals surface area contributed by atoms with Crippen LogP contribution in [0.2, 0.25) is 0 Å². The van der Waals surface area contributed by atoms with Gasteiger partial charge < -0.3 is 24.4 Å². The van der Waals surface area contributed by atoms with Crippen LogP contribution in [0.4, 0.5) is 4.79 Å². The van der Waals surface area contributed by atoms with Gasteiger partial charge in [0.25, 0.3) is 0 Å². The number of rotatable bonds is 5. The van der Waals surface area contributed by atoms with Crippen molar-refractivity contribution < 1.29 is 24.2 Å². The Balaban J connectivity index is 2.67. The molecule has 1 heterocycles. The molecule has 0 aromatic carbocycles. The molecule has 1 fully saturated rings. The Hall–Kier alpha value is -1.34. The standard InChI is InChI=1S/C11H20N2O5/c1-12(4-5-17-2)11(16)13-7-8(18-3)6-9(13)10(14)15/h8-9H,4-7H2,1-3H3,(H,14,15). The molecule has 0 aliphatic carbocycles. The fourth-order valence-electron chi connectivity index (χ4n) is 1.96. The van der Waals surface area contributed by atoms with Crippen molar-refractivity contribution in [1.82, 2.24) is 9.80 Å². The van der Waals surface area contributed by atoms with Crippen LogP contribution >= 0.6 is 0 Å². The fraction of sp³-hybridized carbons (Fsp3) is 0.818. The summed E-state index contributed by atoms with van der Waals surface area (Å²) in [5, 5.41) is 9.11. The summed E-state index contributed by atoms with van der Waals surface area (Å²) < 4.78 is 10.0. The molecule has 2 amide bonds. The van der Waals surface area contributed by atoms with Gasteiger partial charge in [-0.15, -0.1) is 0 Å². The number of hydrogen-bond acceptors (Lipinski definition) is 4. The Morgan fingerprint density at radius 1 is 1.44 bits per heavy atom. The van der Waals surface area contributed by atoms with Crippen LogP contribution in [0.5, 0.6) is 0 Å². The predicted octanol–water partition coefficient (Wildman–Crippen LogP) is -0.141. The van der Waals surface area contributed by atoms with Crippen LogP contribution in [0, 0.1) is 0 Å². The molecule has 2 atom stereocenters. The largest absolute Gasteiger partial charge is 0.480 e. The number of likely N-dealkylation sites (N-methyl/N-ethyl adjacent to an activating group) is 1. The normalized spacial score (nSPS) is 23.2. The quantitative estimate of drug-likeness (QED) is 0.744. The van der Waals surface area contributed by atoms with Gasteiger partial charge in [0.1, 0.15) is 6.04 Å². The van der Waals surface area contributed by atoms with Crippen molar-refractivity contribution in [2.45, 2.75) is 18.6 Å². The lowest BCUT2D eigenvalue weighted by molar-refractivity contribution is -0.141. The second-order valence-corrected chi connectivity index (χ2v) is 4.30. The lowest BCUT2D eigenvalue weighted by Crippen LogP contribution is -2.47. The van der Waals surface area contributed by atoms with Crippen LogP contribution < -0.4 is 0 Å². The number of aliphatic carboxylic acids is 1. The van der Waals surface area contributed by atoms with Crippen molar-refractivity contribution in [1.29, 1.82) is 0 Å². The minimum Gasteiger partial charge on any atom is -0.480 e. The first-order valence-corrected chi connectivity index (χ1v) is 5.77. The number of urea groups is 1. The highest BCUT2D eigenvalue weighted by molar-refractivity contribution is 5.83. The maximum Gasteiger partial charge on any atom is 0.326 e. The van der Waals surface area contributed by atoms with Crippen LogP contribution in [0.25, 0.3) is 0 Å². The summed E-state index contributed by atoms with van der Waals surface area (Å²) in [6, 6.07) is -1.12. The topological polar surface area (TPSA) is 79.3 Å². The minimum atomic E-state index is -0.997. The molecule has 0 saturated carbocycles. The van der Waals surface area contributed by atoms with Gasteiger partial charge in [-0.05, 0) is 0 Å². The number of carbonyl (C=O) groups is 2. The predicted molar refractivity (Wildman–Crippen MR) is 63.4 cm³/mol. The van der Waals surface area contributed by atoms with Gasteiger partial charge in [-0.1, -0.05) is 0 Å². The van der Waals surface area contributed by atoms with E-state index in [0.29, 0.717) is 26.1 Å². The molecule has 1 aliphatic heterocycles. The van der Waals surface area contributed by atoms with Gasteiger partial charge >= 0.3 is 12.0 Å². The maximum atomic E-state index is 12.1. The Morgan fingerprint density at radius 2 is 2.11 bits per heavy atom. The van der Waals surface area contributed by atoms with Crippen LogP contribution in [0.1, 0.15) is 6.42 Å². The molecule has 7 heteroatoms. The molecule has 0 radical (unpaired) electrons. The van der Waals surface area contributed by atoms with E-state index in [4.69, 9.17) is 14.6 Å². The van der Waals surface area contributed by atoms with E-state index in [1.54, 1.807) is 14.2 Å². The molecule has 2 unspecified atom stereocenters. The first kappa shape index (κ1) is 14.7. The highest BCUT2D eigenvalue weighted by Crippen LogP contribution is 2.21. The zero-order valence-electron chi connectivity index (χ0n) is 11.0. The molecule has 1 N–H and O–H groups in total. The Bertz CT molecular complexity index is 310. The highest BCUT2D eigenvalue weighted by atomic mass is 16.5. The average molecular weight is 260 g/mol. The average Bonchev–Trinajstić information content (AvgIpc) is 2.79. The van der Waals surface area contributed by atoms with Crippen molar-refractivity contribution in [3.8, 4) is 0 Å². The van der Waals surface area contributed by atoms with Crippen LogP contribution in [0.3, 0.4) is 0 Å². The third kappa shape index (κ3) is 3.33. The van der Waals surface area contributed by atoms with Crippen LogP contribution in [-0.2, 0) is 14.3 Å². The van der Waals surface area contributed by atoms with Crippen molar-refractivity contribution >= 4 is 12.0 Å². The number of carboxylic acid groups (broad SMARTS) is 1. The SMILES string of the molecule is COCCN(C)C(=O)N1CC(OC)CC1C(=O)O. The van der Waals surface area contributed by atoms with Gasteiger partial charge in [-0.2, -0.15) is 0 Å². The van der Waals surface area contributed by atoms with Gasteiger partial charge in [0.15, 0.2) is 0 Å². The molecule has 0 aromatic rings. The number of amides is 2. The first-order valence-electron chi connectivity index (χ1n) is 5.77. The van der Waals surface area contributed by atoms with E-state index in [9.17, 15) is 9.59 Å². The fourth-order valence-corrected chi connectivity index (χ4v) is 1.96. The Morgan fingerprint density at radius 3 is 2.61 bits per heavy atom. The zero-order valence-corrected chi connectivity index (χ0v) is 11.0. The molecule has 0 aromatic heterocycles. The molecule has 1 rings (SSSR count). The molecule has 1 saturated heterocycles. The van der Waals surface area contributed by atoms with Crippen molar-refractivity contribution in [2.24, 2.45) is 0 Å². The summed E-state index contributed by atoms with van der Waals surface area (Å²) in [6.07, 6.45) is 0.112. The smallest absolute Gasteiger partial charge is 0.326 e. The number of methoxy groups -OCH3 is 2. The molecule has 7 nitrogen and oxygen atoms in total. The van der Waals surface area contributed by atoms with Crippen LogP contribution in [0.15, 0.2) is 0 Å². The second-order valence-electron chi connectivity index (χ2n) is 4.30. The molecule has 1 aliphatic rings. The summed E-state index contributed by atoms with van der Waals surface area (Å²) in [6.45, 7) is 1.15. The molecular formula is C11H20N2O5.